The van der Waals surface area contributed by atoms with Gasteiger partial charge in [0.2, 0.25) is 5.13 Å². The highest BCUT2D eigenvalue weighted by atomic mass is 35.5. The Morgan fingerprint density at radius 2 is 1.94 bits per heavy atom. The molecule has 31 heavy (non-hydrogen) atoms. The van der Waals surface area contributed by atoms with Crippen molar-refractivity contribution in [1.82, 2.24) is 10.2 Å². The summed E-state index contributed by atoms with van der Waals surface area (Å²) in [6.07, 6.45) is 3.55. The molecule has 2 aromatic carbocycles. The third-order valence-electron chi connectivity index (χ3n) is 4.78. The molecule has 0 aliphatic heterocycles. The first-order valence-corrected chi connectivity index (χ1v) is 11.4. The molecule has 0 saturated heterocycles. The molecule has 0 aliphatic rings. The molecule has 3 rings (SSSR count). The second kappa shape index (κ2) is 10.6. The number of aromatic nitrogens is 2. The number of rotatable bonds is 9. The van der Waals surface area contributed by atoms with Gasteiger partial charge in [-0.1, -0.05) is 61.1 Å². The van der Waals surface area contributed by atoms with E-state index in [2.05, 4.69) is 23.7 Å². The minimum Gasteiger partial charge on any atom is -0.489 e. The van der Waals surface area contributed by atoms with Gasteiger partial charge < -0.3 is 4.74 Å². The minimum atomic E-state index is -0.165. The molecule has 0 N–H and O–H groups in total. The monoisotopic (exact) mass is 455 g/mol. The molecule has 0 atom stereocenters. The maximum atomic E-state index is 13.2. The Kier molecular flexibility index (Phi) is 7.82. The number of hydrogen-bond acceptors (Lipinski definition) is 5. The predicted molar refractivity (Wildman–Crippen MR) is 129 cm³/mol. The number of anilines is 1. The van der Waals surface area contributed by atoms with Gasteiger partial charge in [-0.2, -0.15) is 0 Å². The Morgan fingerprint density at radius 3 is 2.58 bits per heavy atom. The van der Waals surface area contributed by atoms with E-state index in [4.69, 9.17) is 16.3 Å². The van der Waals surface area contributed by atoms with Crippen LogP contribution in [-0.4, -0.2) is 29.3 Å². The Hall–Kier alpha value is -2.70. The number of carbonyl (C=O) groups excluding carboxylic acids is 1. The van der Waals surface area contributed by atoms with Crippen LogP contribution in [0.15, 0.2) is 49.1 Å². The highest BCUT2D eigenvalue weighted by molar-refractivity contribution is 7.18. The molecule has 0 radical (unpaired) electrons. The number of aryl methyl sites for hydroxylation is 2. The minimum absolute atomic E-state index is 0.165. The van der Waals surface area contributed by atoms with Crippen LogP contribution in [0.25, 0.3) is 10.6 Å². The Balaban J connectivity index is 1.93. The van der Waals surface area contributed by atoms with Gasteiger partial charge in [0.15, 0.2) is 0 Å². The quantitative estimate of drug-likeness (QED) is 0.346. The van der Waals surface area contributed by atoms with Crippen LogP contribution in [0, 0.1) is 13.8 Å². The Morgan fingerprint density at radius 1 is 1.23 bits per heavy atom. The molecule has 1 amide bonds. The van der Waals surface area contributed by atoms with Crippen molar-refractivity contribution >= 4 is 34.0 Å². The number of carbonyl (C=O) groups is 1. The molecule has 0 saturated carbocycles. The predicted octanol–water partition coefficient (Wildman–Crippen LogP) is 6.49. The van der Waals surface area contributed by atoms with Crippen LogP contribution in [0.2, 0.25) is 5.02 Å². The van der Waals surface area contributed by atoms with Crippen LogP contribution in [0.1, 0.15) is 41.3 Å². The van der Waals surface area contributed by atoms with E-state index in [0.29, 0.717) is 28.9 Å². The van der Waals surface area contributed by atoms with Crippen molar-refractivity contribution in [3.63, 3.8) is 0 Å². The summed E-state index contributed by atoms with van der Waals surface area (Å²) in [7, 11) is 0. The van der Waals surface area contributed by atoms with Crippen molar-refractivity contribution in [3.8, 4) is 16.3 Å². The Labute approximate surface area is 192 Å². The molecular formula is C24H26ClN3O2S. The average Bonchev–Trinajstić information content (AvgIpc) is 3.23. The van der Waals surface area contributed by atoms with Gasteiger partial charge in [0.25, 0.3) is 5.91 Å². The van der Waals surface area contributed by atoms with Gasteiger partial charge in [0.05, 0.1) is 10.6 Å². The van der Waals surface area contributed by atoms with E-state index in [1.807, 2.05) is 38.1 Å². The second-order valence-electron chi connectivity index (χ2n) is 7.22. The van der Waals surface area contributed by atoms with Crippen LogP contribution >= 0.6 is 22.9 Å². The number of benzene rings is 2. The number of ether oxygens (including phenoxy) is 1. The van der Waals surface area contributed by atoms with Gasteiger partial charge in [-0.05, 0) is 55.7 Å². The van der Waals surface area contributed by atoms with E-state index in [1.165, 1.54) is 11.3 Å². The lowest BCUT2D eigenvalue weighted by atomic mass is 10.1. The first kappa shape index (κ1) is 23.0. The zero-order valence-electron chi connectivity index (χ0n) is 18.0. The molecule has 0 aliphatic carbocycles. The largest absolute Gasteiger partial charge is 0.489 e. The number of hydrogen-bond donors (Lipinski definition) is 0. The van der Waals surface area contributed by atoms with Crippen molar-refractivity contribution in [1.29, 1.82) is 0 Å². The molecule has 1 heterocycles. The van der Waals surface area contributed by atoms with Crippen molar-refractivity contribution < 1.29 is 9.53 Å². The number of unbranched alkanes of at least 4 members (excludes halogenated alkanes) is 1. The fraction of sp³-hybridized carbons (Fsp3) is 0.292. The van der Waals surface area contributed by atoms with Crippen molar-refractivity contribution in [2.45, 2.75) is 33.6 Å². The molecule has 0 unspecified atom stereocenters. The first-order chi connectivity index (χ1) is 15.0. The molecule has 1 aromatic heterocycles. The summed E-state index contributed by atoms with van der Waals surface area (Å²) in [5, 5.41) is 10.5. The van der Waals surface area contributed by atoms with E-state index in [0.717, 1.165) is 40.3 Å². The second-order valence-corrected chi connectivity index (χ2v) is 8.58. The smallest absolute Gasteiger partial charge is 0.261 e. The summed E-state index contributed by atoms with van der Waals surface area (Å²) in [6.45, 7) is 10.8. The molecule has 5 nitrogen and oxygen atoms in total. The molecule has 0 spiro atoms. The first-order valence-electron chi connectivity index (χ1n) is 10.2. The highest BCUT2D eigenvalue weighted by Gasteiger charge is 2.23. The van der Waals surface area contributed by atoms with Crippen LogP contribution in [0.5, 0.6) is 5.75 Å². The van der Waals surface area contributed by atoms with Gasteiger partial charge in [-0.15, -0.1) is 10.2 Å². The van der Waals surface area contributed by atoms with Crippen LogP contribution < -0.4 is 9.64 Å². The van der Waals surface area contributed by atoms with Gasteiger partial charge in [0, 0.05) is 12.1 Å². The maximum absolute atomic E-state index is 13.2. The van der Waals surface area contributed by atoms with Gasteiger partial charge >= 0.3 is 0 Å². The lowest BCUT2D eigenvalue weighted by Gasteiger charge is -2.19. The summed E-state index contributed by atoms with van der Waals surface area (Å²) in [4.78, 5) is 14.9. The van der Waals surface area contributed by atoms with Gasteiger partial charge in [-0.25, -0.2) is 0 Å². The molecule has 0 fully saturated rings. The van der Waals surface area contributed by atoms with Crippen molar-refractivity contribution in [2.24, 2.45) is 0 Å². The number of nitrogens with zero attached hydrogens (tertiary/aromatic N) is 3. The van der Waals surface area contributed by atoms with E-state index >= 15 is 0 Å². The Bertz CT molecular complexity index is 1060. The third-order valence-corrected chi connectivity index (χ3v) is 6.11. The average molecular weight is 456 g/mol. The topological polar surface area (TPSA) is 55.3 Å². The van der Waals surface area contributed by atoms with Gasteiger partial charge in [0.1, 0.15) is 17.4 Å². The summed E-state index contributed by atoms with van der Waals surface area (Å²) < 4.78 is 5.77. The molecule has 3 aromatic rings. The maximum Gasteiger partial charge on any atom is 0.261 e. The third kappa shape index (κ3) is 5.32. The number of halogens is 1. The zero-order valence-corrected chi connectivity index (χ0v) is 19.6. The normalized spacial score (nSPS) is 10.7. The van der Waals surface area contributed by atoms with E-state index in [1.54, 1.807) is 23.1 Å². The summed E-state index contributed by atoms with van der Waals surface area (Å²) in [5.41, 5.74) is 3.45. The fourth-order valence-corrected chi connectivity index (χ4v) is 4.34. The van der Waals surface area contributed by atoms with E-state index < -0.39 is 0 Å². The summed E-state index contributed by atoms with van der Waals surface area (Å²) in [5.74, 6) is 0.689. The SMILES string of the molecule is C=CCOc1c(C)cc(-c2nnc(N(CCCC)C(=O)c3ccccc3Cl)s2)cc1C. The molecule has 0 bridgehead atoms. The zero-order chi connectivity index (χ0) is 22.4. The fourth-order valence-electron chi connectivity index (χ4n) is 3.27. The molecular weight excluding hydrogens is 430 g/mol. The van der Waals surface area contributed by atoms with Crippen molar-refractivity contribution in [2.75, 3.05) is 18.1 Å². The van der Waals surface area contributed by atoms with Gasteiger partial charge in [-0.3, -0.25) is 9.69 Å². The highest BCUT2D eigenvalue weighted by Crippen LogP contribution is 2.34. The summed E-state index contributed by atoms with van der Waals surface area (Å²) >= 11 is 7.67. The van der Waals surface area contributed by atoms with E-state index in [9.17, 15) is 4.79 Å². The molecule has 7 heteroatoms. The lowest BCUT2D eigenvalue weighted by molar-refractivity contribution is 0.0986. The van der Waals surface area contributed by atoms with Crippen LogP contribution in [0.3, 0.4) is 0 Å². The molecule has 162 valence electrons. The van der Waals surface area contributed by atoms with Crippen LogP contribution in [0.4, 0.5) is 5.13 Å². The standard InChI is InChI=1S/C24H26ClN3O2S/c1-5-7-12-28(23(29)19-10-8-9-11-20(19)25)24-27-26-22(31-24)18-14-16(3)21(17(4)15-18)30-13-6-2/h6,8-11,14-15H,2,5,7,12-13H2,1,3-4H3. The summed E-state index contributed by atoms with van der Waals surface area (Å²) in [6, 6.07) is 11.1. The van der Waals surface area contributed by atoms with E-state index in [-0.39, 0.29) is 5.91 Å². The lowest BCUT2D eigenvalue weighted by Crippen LogP contribution is -2.32. The number of amides is 1. The van der Waals surface area contributed by atoms with Crippen molar-refractivity contribution in [3.05, 3.63) is 70.8 Å². The van der Waals surface area contributed by atoms with Crippen LogP contribution in [-0.2, 0) is 0 Å².